The van der Waals surface area contributed by atoms with Crippen LogP contribution in [0.3, 0.4) is 0 Å². The van der Waals surface area contributed by atoms with Crippen molar-refractivity contribution in [1.82, 2.24) is 10.3 Å². The van der Waals surface area contributed by atoms with Crippen LogP contribution in [0.25, 0.3) is 0 Å². The number of nitrogens with zero attached hydrogens (tertiary/aromatic N) is 1. The van der Waals surface area contributed by atoms with Crippen LogP contribution in [0.2, 0.25) is 0 Å². The molecule has 0 bridgehead atoms. The molecule has 0 amide bonds. The highest BCUT2D eigenvalue weighted by Crippen LogP contribution is 2.34. The highest BCUT2D eigenvalue weighted by molar-refractivity contribution is 5.18. The molecule has 1 aliphatic rings. The van der Waals surface area contributed by atoms with E-state index in [9.17, 15) is 0 Å². The molecule has 14 heavy (non-hydrogen) atoms. The molecule has 1 aliphatic carbocycles. The minimum atomic E-state index is 0.00393. The van der Waals surface area contributed by atoms with Crippen LogP contribution < -0.4 is 5.32 Å². The Kier molecular flexibility index (Phi) is 2.52. The fraction of sp³-hybridized carbons (Fsp3) is 0.545. The molecule has 3 nitrogen and oxygen atoms in total. The first-order chi connectivity index (χ1) is 6.76. The Hall–Kier alpha value is -0.930. The topological polar surface area (TPSA) is 45.2 Å². The second-order valence-electron chi connectivity index (χ2n) is 4.06. The van der Waals surface area contributed by atoms with Crippen LogP contribution in [0.15, 0.2) is 18.3 Å². The SMILES string of the molecule is Cc1cccnc1CNC1(CO)CC1. The average molecular weight is 192 g/mol. The molecule has 0 spiro atoms. The number of hydrogen-bond donors (Lipinski definition) is 2. The number of aryl methyl sites for hydroxylation is 1. The summed E-state index contributed by atoms with van der Waals surface area (Å²) >= 11 is 0. The predicted octanol–water partition coefficient (Wildman–Crippen LogP) is 1.00. The van der Waals surface area contributed by atoms with Gasteiger partial charge in [-0.3, -0.25) is 4.98 Å². The first-order valence-electron chi connectivity index (χ1n) is 5.02. The molecule has 2 rings (SSSR count). The summed E-state index contributed by atoms with van der Waals surface area (Å²) in [7, 11) is 0. The zero-order chi connectivity index (χ0) is 10.0. The Morgan fingerprint density at radius 1 is 1.57 bits per heavy atom. The zero-order valence-corrected chi connectivity index (χ0v) is 8.45. The minimum Gasteiger partial charge on any atom is -0.394 e. The van der Waals surface area contributed by atoms with Gasteiger partial charge in [-0.05, 0) is 31.4 Å². The van der Waals surface area contributed by atoms with Gasteiger partial charge in [0.05, 0.1) is 12.3 Å². The molecule has 0 radical (unpaired) electrons. The standard InChI is InChI=1S/C11H16N2O/c1-9-3-2-6-12-10(9)7-13-11(8-14)4-5-11/h2-3,6,13-14H,4-5,7-8H2,1H3. The van der Waals surface area contributed by atoms with E-state index < -0.39 is 0 Å². The number of hydrogen-bond acceptors (Lipinski definition) is 3. The Labute approximate surface area is 84.2 Å². The molecular weight excluding hydrogens is 176 g/mol. The minimum absolute atomic E-state index is 0.00393. The van der Waals surface area contributed by atoms with Crippen molar-refractivity contribution < 1.29 is 5.11 Å². The van der Waals surface area contributed by atoms with Crippen molar-refractivity contribution in [2.24, 2.45) is 0 Å². The largest absolute Gasteiger partial charge is 0.394 e. The van der Waals surface area contributed by atoms with Gasteiger partial charge in [0, 0.05) is 18.3 Å². The molecule has 0 saturated heterocycles. The lowest BCUT2D eigenvalue weighted by atomic mass is 10.2. The van der Waals surface area contributed by atoms with Crippen molar-refractivity contribution in [2.75, 3.05) is 6.61 Å². The van der Waals surface area contributed by atoms with E-state index in [1.807, 2.05) is 12.3 Å². The molecule has 0 atom stereocenters. The molecule has 1 heterocycles. The van der Waals surface area contributed by atoms with Gasteiger partial charge in [-0.2, -0.15) is 0 Å². The molecule has 0 aromatic carbocycles. The number of nitrogens with one attached hydrogen (secondary N) is 1. The van der Waals surface area contributed by atoms with Crippen molar-refractivity contribution >= 4 is 0 Å². The van der Waals surface area contributed by atoms with E-state index >= 15 is 0 Å². The van der Waals surface area contributed by atoms with Crippen molar-refractivity contribution in [2.45, 2.75) is 31.8 Å². The van der Waals surface area contributed by atoms with E-state index in [0.717, 1.165) is 25.1 Å². The summed E-state index contributed by atoms with van der Waals surface area (Å²) in [6.07, 6.45) is 3.97. The van der Waals surface area contributed by atoms with E-state index in [0.29, 0.717) is 0 Å². The maximum Gasteiger partial charge on any atom is 0.0613 e. The van der Waals surface area contributed by atoms with Crippen LogP contribution in [-0.2, 0) is 6.54 Å². The van der Waals surface area contributed by atoms with E-state index in [-0.39, 0.29) is 12.1 Å². The quantitative estimate of drug-likeness (QED) is 0.748. The maximum atomic E-state index is 9.12. The molecule has 1 fully saturated rings. The fourth-order valence-electron chi connectivity index (χ4n) is 1.52. The fourth-order valence-corrected chi connectivity index (χ4v) is 1.52. The summed E-state index contributed by atoms with van der Waals surface area (Å²) in [4.78, 5) is 4.30. The van der Waals surface area contributed by atoms with E-state index in [1.165, 1.54) is 5.56 Å². The van der Waals surface area contributed by atoms with Gasteiger partial charge in [-0.25, -0.2) is 0 Å². The number of pyridine rings is 1. The van der Waals surface area contributed by atoms with Crippen LogP contribution >= 0.6 is 0 Å². The van der Waals surface area contributed by atoms with Crippen LogP contribution in [-0.4, -0.2) is 22.2 Å². The normalized spacial score (nSPS) is 18.1. The van der Waals surface area contributed by atoms with Crippen LogP contribution in [0.4, 0.5) is 0 Å². The highest BCUT2D eigenvalue weighted by Gasteiger charge is 2.41. The third kappa shape index (κ3) is 1.94. The Balaban J connectivity index is 1.95. The molecule has 2 N–H and O–H groups in total. The number of aliphatic hydroxyl groups is 1. The monoisotopic (exact) mass is 192 g/mol. The summed E-state index contributed by atoms with van der Waals surface area (Å²) in [5, 5.41) is 12.5. The van der Waals surface area contributed by atoms with Gasteiger partial charge in [0.2, 0.25) is 0 Å². The first kappa shape index (κ1) is 9.62. The van der Waals surface area contributed by atoms with Crippen molar-refractivity contribution in [3.8, 4) is 0 Å². The van der Waals surface area contributed by atoms with Crippen molar-refractivity contribution in [1.29, 1.82) is 0 Å². The van der Waals surface area contributed by atoms with Gasteiger partial charge in [0.25, 0.3) is 0 Å². The van der Waals surface area contributed by atoms with Gasteiger partial charge < -0.3 is 10.4 Å². The van der Waals surface area contributed by atoms with Crippen molar-refractivity contribution in [3.05, 3.63) is 29.6 Å². The zero-order valence-electron chi connectivity index (χ0n) is 8.45. The lowest BCUT2D eigenvalue weighted by Gasteiger charge is -2.14. The van der Waals surface area contributed by atoms with Gasteiger partial charge >= 0.3 is 0 Å². The van der Waals surface area contributed by atoms with Crippen LogP contribution in [0.5, 0.6) is 0 Å². The van der Waals surface area contributed by atoms with Gasteiger partial charge in [-0.15, -0.1) is 0 Å². The maximum absolute atomic E-state index is 9.12. The Morgan fingerprint density at radius 2 is 2.36 bits per heavy atom. The summed E-state index contributed by atoms with van der Waals surface area (Å²) in [6.45, 7) is 3.05. The smallest absolute Gasteiger partial charge is 0.0613 e. The molecule has 0 aliphatic heterocycles. The van der Waals surface area contributed by atoms with Crippen molar-refractivity contribution in [3.63, 3.8) is 0 Å². The van der Waals surface area contributed by atoms with Gasteiger partial charge in [0.1, 0.15) is 0 Å². The number of aliphatic hydroxyl groups excluding tert-OH is 1. The van der Waals surface area contributed by atoms with E-state index in [4.69, 9.17) is 5.11 Å². The lowest BCUT2D eigenvalue weighted by Crippen LogP contribution is -2.34. The summed E-state index contributed by atoms with van der Waals surface area (Å²) < 4.78 is 0. The molecule has 1 saturated carbocycles. The summed E-state index contributed by atoms with van der Waals surface area (Å²) in [6, 6.07) is 4.00. The Morgan fingerprint density at radius 3 is 2.93 bits per heavy atom. The summed E-state index contributed by atoms with van der Waals surface area (Å²) in [5.74, 6) is 0. The second kappa shape index (κ2) is 3.67. The lowest BCUT2D eigenvalue weighted by molar-refractivity contribution is 0.229. The molecule has 3 heteroatoms. The third-order valence-electron chi connectivity index (χ3n) is 2.90. The second-order valence-corrected chi connectivity index (χ2v) is 4.06. The highest BCUT2D eigenvalue weighted by atomic mass is 16.3. The molecule has 0 unspecified atom stereocenters. The molecule has 1 aromatic rings. The molecular formula is C11H16N2O. The predicted molar refractivity (Wildman–Crippen MR) is 54.9 cm³/mol. The molecule has 76 valence electrons. The number of rotatable bonds is 4. The van der Waals surface area contributed by atoms with Crippen LogP contribution in [0.1, 0.15) is 24.1 Å². The first-order valence-corrected chi connectivity index (χ1v) is 5.02. The van der Waals surface area contributed by atoms with Crippen LogP contribution in [0, 0.1) is 6.92 Å². The molecule has 1 aromatic heterocycles. The van der Waals surface area contributed by atoms with Gasteiger partial charge in [0.15, 0.2) is 0 Å². The Bertz CT molecular complexity index is 321. The third-order valence-corrected chi connectivity index (χ3v) is 2.90. The summed E-state index contributed by atoms with van der Waals surface area (Å²) in [5.41, 5.74) is 2.28. The van der Waals surface area contributed by atoms with E-state index in [2.05, 4.69) is 23.3 Å². The average Bonchev–Trinajstić information content (AvgIpc) is 2.98. The number of aromatic nitrogens is 1. The van der Waals surface area contributed by atoms with E-state index in [1.54, 1.807) is 0 Å². The van der Waals surface area contributed by atoms with Gasteiger partial charge in [-0.1, -0.05) is 6.07 Å².